The van der Waals surface area contributed by atoms with Crippen LogP contribution in [0.2, 0.25) is 10.0 Å². The lowest BCUT2D eigenvalue weighted by atomic mass is 9.86. The van der Waals surface area contributed by atoms with Gasteiger partial charge in [-0.05, 0) is 81.3 Å². The zero-order chi connectivity index (χ0) is 27.6. The van der Waals surface area contributed by atoms with Crippen molar-refractivity contribution in [2.45, 2.75) is 64.6 Å². The Kier molecular flexibility index (Phi) is 12.0. The molecular weight excluding hydrogens is 515 g/mol. The quantitative estimate of drug-likeness (QED) is 0.323. The third-order valence-corrected chi connectivity index (χ3v) is 7.05. The first-order valence-corrected chi connectivity index (χ1v) is 13.2. The van der Waals surface area contributed by atoms with Crippen LogP contribution >= 0.6 is 23.2 Å². The fourth-order valence-corrected chi connectivity index (χ4v) is 4.69. The molecule has 0 atom stereocenters. The van der Waals surface area contributed by atoms with Crippen LogP contribution < -0.4 is 14.8 Å². The summed E-state index contributed by atoms with van der Waals surface area (Å²) in [5.74, 6) is 0.595. The largest absolute Gasteiger partial charge is 0.493 e. The minimum atomic E-state index is -1.35. The summed E-state index contributed by atoms with van der Waals surface area (Å²) in [5, 5.41) is 13.5. The number of nitrogens with one attached hydrogen (secondary N) is 1. The second kappa shape index (κ2) is 14.5. The fraction of sp³-hybridized carbons (Fsp3) is 0.500. The van der Waals surface area contributed by atoms with Crippen molar-refractivity contribution in [1.29, 1.82) is 0 Å². The van der Waals surface area contributed by atoms with Crippen LogP contribution in [0.5, 0.6) is 11.5 Å². The predicted molar refractivity (Wildman–Crippen MR) is 149 cm³/mol. The van der Waals surface area contributed by atoms with Gasteiger partial charge in [-0.25, -0.2) is 4.79 Å². The number of methoxy groups -OCH3 is 1. The van der Waals surface area contributed by atoms with Gasteiger partial charge in [0.1, 0.15) is 6.29 Å². The number of rotatable bonds is 10. The van der Waals surface area contributed by atoms with Crippen molar-refractivity contribution < 1.29 is 24.2 Å². The van der Waals surface area contributed by atoms with E-state index < -0.39 is 11.6 Å². The van der Waals surface area contributed by atoms with Gasteiger partial charge in [0.2, 0.25) is 0 Å². The summed E-state index contributed by atoms with van der Waals surface area (Å²) in [6.45, 7) is 6.34. The molecule has 9 heteroatoms. The number of aliphatic carboxylic acids is 1. The molecule has 204 valence electrons. The zero-order valence-electron chi connectivity index (χ0n) is 22.2. The van der Waals surface area contributed by atoms with Gasteiger partial charge in [0.25, 0.3) is 0 Å². The van der Waals surface area contributed by atoms with E-state index in [1.54, 1.807) is 18.2 Å². The summed E-state index contributed by atoms with van der Waals surface area (Å²) in [6.07, 6.45) is 5.57. The van der Waals surface area contributed by atoms with Crippen LogP contribution in [-0.2, 0) is 16.1 Å². The van der Waals surface area contributed by atoms with Crippen LogP contribution in [0.15, 0.2) is 36.4 Å². The molecule has 37 heavy (non-hydrogen) atoms. The van der Waals surface area contributed by atoms with E-state index in [9.17, 15) is 14.7 Å². The first kappa shape index (κ1) is 30.7. The Hall–Kier alpha value is -2.48. The van der Waals surface area contributed by atoms with Crippen molar-refractivity contribution in [3.63, 3.8) is 0 Å². The number of anilines is 1. The highest BCUT2D eigenvalue weighted by Crippen LogP contribution is 2.33. The number of hydrogen-bond donors (Lipinski definition) is 2. The van der Waals surface area contributed by atoms with Crippen LogP contribution in [0.1, 0.15) is 52.0 Å². The van der Waals surface area contributed by atoms with Gasteiger partial charge >= 0.3 is 5.97 Å². The highest BCUT2D eigenvalue weighted by atomic mass is 35.5. The Balaban J connectivity index is 0.000000402. The van der Waals surface area contributed by atoms with Crippen molar-refractivity contribution in [3.8, 4) is 11.5 Å². The molecule has 0 amide bonds. The number of halogens is 2. The van der Waals surface area contributed by atoms with Gasteiger partial charge in [-0.15, -0.1) is 0 Å². The van der Waals surface area contributed by atoms with Gasteiger partial charge in [-0.2, -0.15) is 0 Å². The Morgan fingerprint density at radius 2 is 1.81 bits per heavy atom. The number of carboxylic acid groups (broad SMARTS) is 1. The summed E-state index contributed by atoms with van der Waals surface area (Å²) >= 11 is 11.4. The first-order chi connectivity index (χ1) is 17.5. The number of aldehydes is 1. The molecule has 7 nitrogen and oxygen atoms in total. The zero-order valence-corrected chi connectivity index (χ0v) is 23.7. The summed E-state index contributed by atoms with van der Waals surface area (Å²) in [6, 6.07) is 11.2. The first-order valence-electron chi connectivity index (χ1n) is 12.4. The number of nitrogens with zero attached hydrogens (tertiary/aromatic N) is 1. The molecule has 2 aromatic carbocycles. The molecule has 1 fully saturated rings. The van der Waals surface area contributed by atoms with E-state index in [4.69, 9.17) is 32.7 Å². The maximum absolute atomic E-state index is 11.3. The lowest BCUT2D eigenvalue weighted by Gasteiger charge is -2.35. The predicted octanol–water partition coefficient (Wildman–Crippen LogP) is 6.55. The standard InChI is InChI=1S/C21H31NO5.C7H7Cl2N/c1-15-5-8-17(9-6-15)22(11-12-23)14-16-7-10-18(19(13-16)26-4)27-21(2,3)20(24)25;1-10-7-3-2-5(8)4-6(7)9/h7,10,12-13,15,17H,5-6,8-9,11,14H2,1-4H3,(H,24,25);2-4,10H,1H3. The molecule has 0 bridgehead atoms. The van der Waals surface area contributed by atoms with Crippen molar-refractivity contribution in [3.05, 3.63) is 52.0 Å². The molecule has 3 rings (SSSR count). The lowest BCUT2D eigenvalue weighted by molar-refractivity contribution is -0.152. The summed E-state index contributed by atoms with van der Waals surface area (Å²) in [7, 11) is 3.35. The molecule has 0 spiro atoms. The number of benzene rings is 2. The van der Waals surface area contributed by atoms with E-state index in [1.807, 2.05) is 25.2 Å². The van der Waals surface area contributed by atoms with E-state index in [1.165, 1.54) is 33.8 Å². The average Bonchev–Trinajstić information content (AvgIpc) is 2.85. The molecule has 0 radical (unpaired) electrons. The van der Waals surface area contributed by atoms with Crippen LogP contribution in [0, 0.1) is 5.92 Å². The second-order valence-corrected chi connectivity index (χ2v) is 10.6. The number of ether oxygens (including phenoxy) is 2. The minimum absolute atomic E-state index is 0.391. The van der Waals surface area contributed by atoms with E-state index in [0.29, 0.717) is 40.7 Å². The van der Waals surface area contributed by atoms with Gasteiger partial charge in [0, 0.05) is 24.7 Å². The maximum atomic E-state index is 11.3. The number of carbonyl (C=O) groups is 2. The molecular formula is C28H38Cl2N2O5. The van der Waals surface area contributed by atoms with E-state index in [0.717, 1.165) is 36.3 Å². The van der Waals surface area contributed by atoms with Crippen molar-refractivity contribution in [1.82, 2.24) is 4.90 Å². The Labute approximate surface area is 230 Å². The van der Waals surface area contributed by atoms with Crippen LogP contribution in [0.3, 0.4) is 0 Å². The molecule has 1 aliphatic rings. The van der Waals surface area contributed by atoms with Crippen molar-refractivity contribution in [2.75, 3.05) is 26.0 Å². The Bertz CT molecular complexity index is 1040. The van der Waals surface area contributed by atoms with Gasteiger partial charge in [-0.3, -0.25) is 4.90 Å². The molecule has 2 aromatic rings. The smallest absolute Gasteiger partial charge is 0.347 e. The second-order valence-electron chi connectivity index (χ2n) is 9.79. The maximum Gasteiger partial charge on any atom is 0.347 e. The van der Waals surface area contributed by atoms with E-state index in [-0.39, 0.29) is 0 Å². The molecule has 1 saturated carbocycles. The lowest BCUT2D eigenvalue weighted by Crippen LogP contribution is -2.38. The Morgan fingerprint density at radius 1 is 1.14 bits per heavy atom. The Morgan fingerprint density at radius 3 is 2.35 bits per heavy atom. The topological polar surface area (TPSA) is 88.1 Å². The summed E-state index contributed by atoms with van der Waals surface area (Å²) in [5.41, 5.74) is 0.552. The van der Waals surface area contributed by atoms with E-state index in [2.05, 4.69) is 17.1 Å². The third-order valence-electron chi connectivity index (χ3n) is 6.51. The third kappa shape index (κ3) is 9.40. The average molecular weight is 554 g/mol. The van der Waals surface area contributed by atoms with Crippen LogP contribution in [0.4, 0.5) is 5.69 Å². The van der Waals surface area contributed by atoms with Crippen LogP contribution in [0.25, 0.3) is 0 Å². The number of carbonyl (C=O) groups excluding carboxylic acids is 1. The monoisotopic (exact) mass is 552 g/mol. The molecule has 2 N–H and O–H groups in total. The normalized spacial score (nSPS) is 17.4. The number of carboxylic acids is 1. The van der Waals surface area contributed by atoms with Gasteiger partial charge in [0.15, 0.2) is 17.1 Å². The molecule has 0 aromatic heterocycles. The molecule has 0 unspecified atom stereocenters. The molecule has 0 aliphatic heterocycles. The highest BCUT2D eigenvalue weighted by molar-refractivity contribution is 6.36. The minimum Gasteiger partial charge on any atom is -0.493 e. The van der Waals surface area contributed by atoms with Gasteiger partial charge < -0.3 is 24.7 Å². The molecule has 1 aliphatic carbocycles. The number of hydrogen-bond acceptors (Lipinski definition) is 6. The van der Waals surface area contributed by atoms with Gasteiger partial charge in [0.05, 0.1) is 24.4 Å². The fourth-order valence-electron chi connectivity index (χ4n) is 4.19. The molecule has 0 heterocycles. The molecule has 0 saturated heterocycles. The summed E-state index contributed by atoms with van der Waals surface area (Å²) in [4.78, 5) is 24.7. The highest BCUT2D eigenvalue weighted by Gasteiger charge is 2.31. The van der Waals surface area contributed by atoms with Crippen molar-refractivity contribution in [2.24, 2.45) is 5.92 Å². The van der Waals surface area contributed by atoms with E-state index >= 15 is 0 Å². The van der Waals surface area contributed by atoms with Crippen molar-refractivity contribution >= 4 is 41.1 Å². The SMILES string of the molecule is CNc1ccc(Cl)cc1Cl.COc1cc(CN(CC=O)C2CCC(C)CC2)ccc1OC(C)(C)C(=O)O. The van der Waals surface area contributed by atoms with Gasteiger partial charge in [-0.1, -0.05) is 36.2 Å². The summed E-state index contributed by atoms with van der Waals surface area (Å²) < 4.78 is 11.0. The van der Waals surface area contributed by atoms with Crippen LogP contribution in [-0.4, -0.2) is 54.6 Å².